The van der Waals surface area contributed by atoms with E-state index in [-0.39, 0.29) is 21.5 Å². The van der Waals surface area contributed by atoms with E-state index >= 15 is 0 Å². The number of nitrogens with one attached hydrogen (secondary N) is 1. The highest BCUT2D eigenvalue weighted by atomic mass is 35.5. The first-order valence-electron chi connectivity index (χ1n) is 11.3. The Morgan fingerprint density at radius 1 is 0.943 bits per heavy atom. The van der Waals surface area contributed by atoms with Gasteiger partial charge in [-0.2, -0.15) is 0 Å². The summed E-state index contributed by atoms with van der Waals surface area (Å²) in [7, 11) is -4.11. The monoisotopic (exact) mass is 511 g/mol. The van der Waals surface area contributed by atoms with Crippen molar-refractivity contribution in [2.24, 2.45) is 0 Å². The predicted molar refractivity (Wildman–Crippen MR) is 137 cm³/mol. The first-order valence-corrected chi connectivity index (χ1v) is 13.1. The summed E-state index contributed by atoms with van der Waals surface area (Å²) in [5.74, 6) is -0.754. The lowest BCUT2D eigenvalue weighted by Gasteiger charge is -2.25. The van der Waals surface area contributed by atoms with Crippen LogP contribution in [0.15, 0.2) is 77.7 Å². The number of carbonyl (C=O) groups excluding carboxylic acids is 2. The Morgan fingerprint density at radius 2 is 1.57 bits per heavy atom. The first-order chi connectivity index (χ1) is 16.8. The number of para-hydroxylation sites is 2. The van der Waals surface area contributed by atoms with Gasteiger partial charge in [0.15, 0.2) is 0 Å². The highest BCUT2D eigenvalue weighted by Crippen LogP contribution is 2.30. The zero-order chi connectivity index (χ0) is 25.0. The molecule has 0 bridgehead atoms. The molecule has 0 saturated carbocycles. The number of benzene rings is 3. The van der Waals surface area contributed by atoms with E-state index in [1.54, 1.807) is 65.6 Å². The molecule has 1 fully saturated rings. The molecule has 4 rings (SSSR count). The number of anilines is 2. The van der Waals surface area contributed by atoms with Crippen molar-refractivity contribution in [1.29, 1.82) is 0 Å². The second-order valence-electron chi connectivity index (χ2n) is 8.37. The molecule has 1 N–H and O–H groups in total. The summed E-state index contributed by atoms with van der Waals surface area (Å²) in [5, 5.41) is 2.93. The summed E-state index contributed by atoms with van der Waals surface area (Å²) in [4.78, 5) is 27.9. The SMILES string of the molecule is Cc1ccc(S(=O)(=O)N(CC(=O)Nc2ccccc2C(=O)N2CCCC2)c2ccccc2Cl)cc1. The molecular formula is C26H26ClN3O4S. The van der Waals surface area contributed by atoms with Crippen LogP contribution in [0, 0.1) is 6.92 Å². The molecule has 182 valence electrons. The van der Waals surface area contributed by atoms with Gasteiger partial charge in [-0.15, -0.1) is 0 Å². The Balaban J connectivity index is 1.64. The van der Waals surface area contributed by atoms with E-state index in [4.69, 9.17) is 11.6 Å². The van der Waals surface area contributed by atoms with E-state index in [0.29, 0.717) is 24.3 Å². The minimum absolute atomic E-state index is 0.0421. The fraction of sp³-hybridized carbons (Fsp3) is 0.231. The number of rotatable bonds is 7. The molecule has 35 heavy (non-hydrogen) atoms. The van der Waals surface area contributed by atoms with Gasteiger partial charge in [-0.05, 0) is 56.2 Å². The average Bonchev–Trinajstić information content (AvgIpc) is 3.38. The fourth-order valence-electron chi connectivity index (χ4n) is 3.98. The van der Waals surface area contributed by atoms with Crippen molar-refractivity contribution >= 4 is 44.8 Å². The maximum Gasteiger partial charge on any atom is 0.264 e. The highest BCUT2D eigenvalue weighted by Gasteiger charge is 2.29. The average molecular weight is 512 g/mol. The molecule has 1 aliphatic rings. The highest BCUT2D eigenvalue weighted by molar-refractivity contribution is 7.92. The molecule has 0 aromatic heterocycles. The zero-order valence-corrected chi connectivity index (χ0v) is 20.8. The van der Waals surface area contributed by atoms with E-state index in [9.17, 15) is 18.0 Å². The number of amides is 2. The summed E-state index contributed by atoms with van der Waals surface area (Å²) in [5.41, 5.74) is 1.80. The molecule has 7 nitrogen and oxygen atoms in total. The van der Waals surface area contributed by atoms with Crippen molar-refractivity contribution in [1.82, 2.24) is 4.90 Å². The van der Waals surface area contributed by atoms with Crippen LogP contribution in [-0.4, -0.2) is 44.8 Å². The van der Waals surface area contributed by atoms with Gasteiger partial charge in [0, 0.05) is 13.1 Å². The van der Waals surface area contributed by atoms with Crippen LogP contribution in [0.25, 0.3) is 0 Å². The normalized spacial score (nSPS) is 13.5. The Kier molecular flexibility index (Phi) is 7.42. The topological polar surface area (TPSA) is 86.8 Å². The number of halogens is 1. The van der Waals surface area contributed by atoms with Crippen molar-refractivity contribution in [2.45, 2.75) is 24.7 Å². The Bertz CT molecular complexity index is 1340. The smallest absolute Gasteiger partial charge is 0.264 e. The van der Waals surface area contributed by atoms with Crippen LogP contribution < -0.4 is 9.62 Å². The van der Waals surface area contributed by atoms with Crippen molar-refractivity contribution in [2.75, 3.05) is 29.3 Å². The lowest BCUT2D eigenvalue weighted by atomic mass is 10.1. The van der Waals surface area contributed by atoms with E-state index in [2.05, 4.69) is 5.32 Å². The van der Waals surface area contributed by atoms with Gasteiger partial charge in [-0.25, -0.2) is 8.42 Å². The number of likely N-dealkylation sites (tertiary alicyclic amines) is 1. The summed E-state index contributed by atoms with van der Waals surface area (Å²) in [6.45, 7) is 2.69. The summed E-state index contributed by atoms with van der Waals surface area (Å²) in [6.07, 6.45) is 1.90. The molecule has 9 heteroatoms. The number of sulfonamides is 1. The summed E-state index contributed by atoms with van der Waals surface area (Å²) < 4.78 is 28.1. The molecule has 2 amide bonds. The largest absolute Gasteiger partial charge is 0.339 e. The van der Waals surface area contributed by atoms with Gasteiger partial charge in [0.25, 0.3) is 15.9 Å². The van der Waals surface area contributed by atoms with Crippen LogP contribution in [0.5, 0.6) is 0 Å². The lowest BCUT2D eigenvalue weighted by molar-refractivity contribution is -0.114. The molecule has 1 saturated heterocycles. The van der Waals surface area contributed by atoms with Crippen molar-refractivity contribution in [3.8, 4) is 0 Å². The van der Waals surface area contributed by atoms with Gasteiger partial charge in [-0.1, -0.05) is 53.6 Å². The van der Waals surface area contributed by atoms with E-state index in [0.717, 1.165) is 22.7 Å². The Hall–Kier alpha value is -3.36. The predicted octanol–water partition coefficient (Wildman–Crippen LogP) is 4.72. The second kappa shape index (κ2) is 10.5. The fourth-order valence-corrected chi connectivity index (χ4v) is 5.71. The van der Waals surface area contributed by atoms with Gasteiger partial charge >= 0.3 is 0 Å². The van der Waals surface area contributed by atoms with E-state index in [1.807, 2.05) is 6.92 Å². The minimum atomic E-state index is -4.11. The molecule has 0 atom stereocenters. The lowest BCUT2D eigenvalue weighted by Crippen LogP contribution is -2.38. The van der Waals surface area contributed by atoms with Crippen molar-refractivity contribution in [3.63, 3.8) is 0 Å². The summed E-state index contributed by atoms with van der Waals surface area (Å²) in [6, 6.07) is 19.6. The van der Waals surface area contributed by atoms with Crippen LogP contribution in [0.2, 0.25) is 5.02 Å². The molecule has 0 aliphatic carbocycles. The summed E-state index contributed by atoms with van der Waals surface area (Å²) >= 11 is 6.33. The molecule has 3 aromatic carbocycles. The molecule has 0 spiro atoms. The third kappa shape index (κ3) is 5.49. The Morgan fingerprint density at radius 3 is 2.26 bits per heavy atom. The maximum absolute atomic E-state index is 13.6. The van der Waals surface area contributed by atoms with Gasteiger partial charge < -0.3 is 10.2 Å². The standard InChI is InChI=1S/C26H26ClN3O4S/c1-19-12-14-20(15-13-19)35(33,34)30(24-11-5-3-9-22(24)27)18-25(31)28-23-10-4-2-8-21(23)26(32)29-16-6-7-17-29/h2-5,8-15H,6-7,16-18H2,1H3,(H,28,31). The van der Waals surface area contributed by atoms with Gasteiger partial charge in [-0.3, -0.25) is 13.9 Å². The van der Waals surface area contributed by atoms with Crippen molar-refractivity contribution < 1.29 is 18.0 Å². The Labute approximate surface area is 210 Å². The molecule has 1 aliphatic heterocycles. The number of carbonyl (C=O) groups is 2. The van der Waals surface area contributed by atoms with Crippen LogP contribution in [-0.2, 0) is 14.8 Å². The minimum Gasteiger partial charge on any atom is -0.339 e. The second-order valence-corrected chi connectivity index (χ2v) is 10.6. The maximum atomic E-state index is 13.6. The quantitative estimate of drug-likeness (QED) is 0.497. The number of hydrogen-bond acceptors (Lipinski definition) is 4. The van der Waals surface area contributed by atoms with E-state index < -0.39 is 22.5 Å². The van der Waals surface area contributed by atoms with Gasteiger partial charge in [0.05, 0.1) is 26.9 Å². The van der Waals surface area contributed by atoms with Crippen LogP contribution in [0.4, 0.5) is 11.4 Å². The third-order valence-electron chi connectivity index (χ3n) is 5.84. The zero-order valence-electron chi connectivity index (χ0n) is 19.3. The molecule has 1 heterocycles. The molecular weight excluding hydrogens is 486 g/mol. The van der Waals surface area contributed by atoms with E-state index in [1.165, 1.54) is 12.1 Å². The number of nitrogens with zero attached hydrogens (tertiary/aromatic N) is 2. The molecule has 3 aromatic rings. The van der Waals surface area contributed by atoms with Crippen LogP contribution in [0.3, 0.4) is 0 Å². The van der Waals surface area contributed by atoms with Crippen LogP contribution in [0.1, 0.15) is 28.8 Å². The molecule has 0 radical (unpaired) electrons. The van der Waals surface area contributed by atoms with Gasteiger partial charge in [0.1, 0.15) is 6.54 Å². The van der Waals surface area contributed by atoms with Gasteiger partial charge in [0.2, 0.25) is 5.91 Å². The number of hydrogen-bond donors (Lipinski definition) is 1. The van der Waals surface area contributed by atoms with Crippen molar-refractivity contribution in [3.05, 3.63) is 88.9 Å². The number of aryl methyl sites for hydroxylation is 1. The van der Waals surface area contributed by atoms with Crippen LogP contribution >= 0.6 is 11.6 Å². The molecule has 0 unspecified atom stereocenters. The third-order valence-corrected chi connectivity index (χ3v) is 7.94. The first kappa shape index (κ1) is 24.8.